The van der Waals surface area contributed by atoms with Crippen molar-refractivity contribution in [2.45, 2.75) is 13.3 Å². The fourth-order valence-electron chi connectivity index (χ4n) is 2.60. The van der Waals surface area contributed by atoms with Crippen molar-refractivity contribution in [3.05, 3.63) is 70.1 Å². The molecule has 0 bridgehead atoms. The SMILES string of the molecule is CCc1nn2c(/C=N/NC(=O)c3ccncc3)c(-c3ccc(Cl)cc3)nc2s1. The van der Waals surface area contributed by atoms with Gasteiger partial charge in [0, 0.05) is 28.5 Å². The van der Waals surface area contributed by atoms with Gasteiger partial charge < -0.3 is 0 Å². The number of halogens is 1. The molecule has 9 heteroatoms. The number of pyridine rings is 1. The highest BCUT2D eigenvalue weighted by molar-refractivity contribution is 7.16. The Hall–Kier alpha value is -3.10. The summed E-state index contributed by atoms with van der Waals surface area (Å²) in [6, 6.07) is 10.6. The number of carbonyl (C=O) groups excluding carboxylic acids is 1. The van der Waals surface area contributed by atoms with E-state index in [0.717, 1.165) is 27.6 Å². The van der Waals surface area contributed by atoms with Gasteiger partial charge in [0.25, 0.3) is 5.91 Å². The van der Waals surface area contributed by atoms with Crippen LogP contribution in [0.3, 0.4) is 0 Å². The average Bonchev–Trinajstić information content (AvgIpc) is 3.27. The van der Waals surface area contributed by atoms with Crippen LogP contribution in [0.4, 0.5) is 0 Å². The second kappa shape index (κ2) is 7.87. The smallest absolute Gasteiger partial charge is 0.267 e. The monoisotopic (exact) mass is 410 g/mol. The van der Waals surface area contributed by atoms with Crippen molar-refractivity contribution >= 4 is 40.0 Å². The van der Waals surface area contributed by atoms with Crippen LogP contribution < -0.4 is 5.43 Å². The molecule has 3 heterocycles. The Labute approximate surface area is 169 Å². The number of fused-ring (bicyclic) bond motifs is 1. The Morgan fingerprint density at radius 3 is 2.71 bits per heavy atom. The molecule has 3 aromatic heterocycles. The minimum atomic E-state index is -0.319. The van der Waals surface area contributed by atoms with Gasteiger partial charge in [0.15, 0.2) is 0 Å². The van der Waals surface area contributed by atoms with Gasteiger partial charge in [-0.25, -0.2) is 14.9 Å². The molecule has 0 unspecified atom stereocenters. The molecular weight excluding hydrogens is 396 g/mol. The molecular formula is C19H15ClN6OS. The van der Waals surface area contributed by atoms with E-state index in [1.54, 1.807) is 47.4 Å². The van der Waals surface area contributed by atoms with Crippen LogP contribution in [-0.4, -0.2) is 31.7 Å². The summed E-state index contributed by atoms with van der Waals surface area (Å²) >= 11 is 7.52. The number of amides is 1. The van der Waals surface area contributed by atoms with Gasteiger partial charge in [0.1, 0.15) is 16.4 Å². The van der Waals surface area contributed by atoms with Gasteiger partial charge in [-0.3, -0.25) is 9.78 Å². The third-order valence-electron chi connectivity index (χ3n) is 4.00. The maximum absolute atomic E-state index is 12.2. The summed E-state index contributed by atoms with van der Waals surface area (Å²) in [6.07, 6.45) is 5.49. The first-order valence-corrected chi connectivity index (χ1v) is 9.73. The topological polar surface area (TPSA) is 84.5 Å². The fraction of sp³-hybridized carbons (Fsp3) is 0.105. The minimum Gasteiger partial charge on any atom is -0.267 e. The predicted octanol–water partition coefficient (Wildman–Crippen LogP) is 3.83. The molecule has 0 atom stereocenters. The van der Waals surface area contributed by atoms with Gasteiger partial charge in [-0.15, -0.1) is 0 Å². The number of hydrazone groups is 1. The highest BCUT2D eigenvalue weighted by Crippen LogP contribution is 2.27. The van der Waals surface area contributed by atoms with Gasteiger partial charge in [0.2, 0.25) is 4.96 Å². The highest BCUT2D eigenvalue weighted by Gasteiger charge is 2.16. The zero-order chi connectivity index (χ0) is 19.5. The van der Waals surface area contributed by atoms with Crippen molar-refractivity contribution in [2.75, 3.05) is 0 Å². The van der Waals surface area contributed by atoms with E-state index in [4.69, 9.17) is 16.6 Å². The van der Waals surface area contributed by atoms with E-state index in [0.29, 0.717) is 16.3 Å². The average molecular weight is 411 g/mol. The number of rotatable bonds is 5. The lowest BCUT2D eigenvalue weighted by molar-refractivity contribution is 0.0955. The lowest BCUT2D eigenvalue weighted by Crippen LogP contribution is -2.17. The summed E-state index contributed by atoms with van der Waals surface area (Å²) in [5.74, 6) is -0.319. The molecule has 140 valence electrons. The number of aryl methyl sites for hydroxylation is 1. The number of aromatic nitrogens is 4. The Morgan fingerprint density at radius 2 is 2.00 bits per heavy atom. The Morgan fingerprint density at radius 1 is 1.25 bits per heavy atom. The van der Waals surface area contributed by atoms with Gasteiger partial charge in [-0.05, 0) is 30.7 Å². The molecule has 4 rings (SSSR count). The molecule has 4 aromatic rings. The standard InChI is InChI=1S/C19H15ClN6OS/c1-2-16-25-26-15(11-22-24-18(27)13-7-9-21-10-8-13)17(23-19(26)28-16)12-3-5-14(20)6-4-12/h3-11H,2H2,1H3,(H,24,27)/b22-11+. The largest absolute Gasteiger partial charge is 0.271 e. The second-order valence-corrected chi connectivity index (χ2v) is 7.31. The number of hydrogen-bond donors (Lipinski definition) is 1. The van der Waals surface area contributed by atoms with Crippen LogP contribution in [0.25, 0.3) is 16.2 Å². The van der Waals surface area contributed by atoms with E-state index in [2.05, 4.69) is 20.6 Å². The molecule has 0 saturated heterocycles. The van der Waals surface area contributed by atoms with Crippen molar-refractivity contribution < 1.29 is 4.79 Å². The first kappa shape index (κ1) is 18.3. The molecule has 0 spiro atoms. The molecule has 1 N–H and O–H groups in total. The number of benzene rings is 1. The fourth-order valence-corrected chi connectivity index (χ4v) is 3.57. The first-order chi connectivity index (χ1) is 13.7. The second-order valence-electron chi connectivity index (χ2n) is 5.83. The van der Waals surface area contributed by atoms with Gasteiger partial charge >= 0.3 is 0 Å². The Kier molecular flexibility index (Phi) is 5.14. The zero-order valence-corrected chi connectivity index (χ0v) is 16.4. The Balaban J connectivity index is 1.69. The highest BCUT2D eigenvalue weighted by atomic mass is 35.5. The number of nitrogens with one attached hydrogen (secondary N) is 1. The van der Waals surface area contributed by atoms with Crippen LogP contribution >= 0.6 is 22.9 Å². The summed E-state index contributed by atoms with van der Waals surface area (Å²) in [6.45, 7) is 2.04. The predicted molar refractivity (Wildman–Crippen MR) is 110 cm³/mol. The van der Waals surface area contributed by atoms with Crippen LogP contribution in [0.2, 0.25) is 5.02 Å². The summed E-state index contributed by atoms with van der Waals surface area (Å²) in [7, 11) is 0. The summed E-state index contributed by atoms with van der Waals surface area (Å²) in [5, 5.41) is 10.3. The van der Waals surface area contributed by atoms with Crippen molar-refractivity contribution in [1.82, 2.24) is 25.0 Å². The van der Waals surface area contributed by atoms with E-state index in [-0.39, 0.29) is 5.91 Å². The lowest BCUT2D eigenvalue weighted by atomic mass is 10.1. The maximum atomic E-state index is 12.2. The summed E-state index contributed by atoms with van der Waals surface area (Å²) < 4.78 is 1.75. The Bertz CT molecular complexity index is 1150. The molecule has 1 amide bonds. The first-order valence-electron chi connectivity index (χ1n) is 8.53. The molecule has 0 aliphatic rings. The third kappa shape index (κ3) is 3.64. The molecule has 1 aromatic carbocycles. The third-order valence-corrected chi connectivity index (χ3v) is 5.30. The zero-order valence-electron chi connectivity index (χ0n) is 14.8. The van der Waals surface area contributed by atoms with Crippen molar-refractivity contribution in [2.24, 2.45) is 5.10 Å². The van der Waals surface area contributed by atoms with E-state index in [9.17, 15) is 4.79 Å². The van der Waals surface area contributed by atoms with Crippen molar-refractivity contribution in [3.63, 3.8) is 0 Å². The minimum absolute atomic E-state index is 0.319. The van der Waals surface area contributed by atoms with E-state index in [1.165, 1.54) is 11.3 Å². The maximum Gasteiger partial charge on any atom is 0.271 e. The van der Waals surface area contributed by atoms with Gasteiger partial charge in [0.05, 0.1) is 6.21 Å². The van der Waals surface area contributed by atoms with Crippen LogP contribution in [0.15, 0.2) is 53.9 Å². The lowest BCUT2D eigenvalue weighted by Gasteiger charge is -2.01. The van der Waals surface area contributed by atoms with E-state index < -0.39 is 0 Å². The molecule has 0 fully saturated rings. The molecule has 7 nitrogen and oxygen atoms in total. The quantitative estimate of drug-likeness (QED) is 0.400. The van der Waals surface area contributed by atoms with E-state index in [1.807, 2.05) is 19.1 Å². The summed E-state index contributed by atoms with van der Waals surface area (Å²) in [4.78, 5) is 21.5. The molecule has 28 heavy (non-hydrogen) atoms. The molecule has 0 saturated carbocycles. The van der Waals surface area contributed by atoms with Crippen LogP contribution in [0.5, 0.6) is 0 Å². The number of carbonyl (C=O) groups is 1. The van der Waals surface area contributed by atoms with Crippen molar-refractivity contribution in [1.29, 1.82) is 0 Å². The summed E-state index contributed by atoms with van der Waals surface area (Å²) in [5.41, 5.74) is 5.30. The van der Waals surface area contributed by atoms with Crippen LogP contribution in [0, 0.1) is 0 Å². The number of nitrogens with zero attached hydrogens (tertiary/aromatic N) is 5. The number of imidazole rings is 1. The van der Waals surface area contributed by atoms with Crippen LogP contribution in [0.1, 0.15) is 28.0 Å². The molecule has 0 aliphatic carbocycles. The van der Waals surface area contributed by atoms with E-state index >= 15 is 0 Å². The number of hydrogen-bond acceptors (Lipinski definition) is 6. The van der Waals surface area contributed by atoms with Gasteiger partial charge in [-0.1, -0.05) is 42.0 Å². The van der Waals surface area contributed by atoms with Crippen LogP contribution in [-0.2, 0) is 6.42 Å². The van der Waals surface area contributed by atoms with Crippen molar-refractivity contribution in [3.8, 4) is 11.3 Å². The molecule has 0 aliphatic heterocycles. The normalized spacial score (nSPS) is 11.4. The molecule has 0 radical (unpaired) electrons. The van der Waals surface area contributed by atoms with Gasteiger partial charge in [-0.2, -0.15) is 10.2 Å².